The number of aryl methyl sites for hydroxylation is 1. The molecule has 2 heterocycles. The number of hydrogen-bond acceptors (Lipinski definition) is 6. The summed E-state index contributed by atoms with van der Waals surface area (Å²) < 4.78 is 43.3. The summed E-state index contributed by atoms with van der Waals surface area (Å²) in [5, 5.41) is 8.23. The lowest BCUT2D eigenvalue weighted by molar-refractivity contribution is -0.138. The average Bonchev–Trinajstić information content (AvgIpc) is 3.27. The van der Waals surface area contributed by atoms with Gasteiger partial charge in [-0.1, -0.05) is 6.07 Å². The van der Waals surface area contributed by atoms with E-state index in [-0.39, 0.29) is 18.5 Å². The third-order valence-electron chi connectivity index (χ3n) is 4.56. The number of ether oxygens (including phenoxy) is 1. The zero-order chi connectivity index (χ0) is 22.6. The first-order valence-corrected chi connectivity index (χ1v) is 9.51. The van der Waals surface area contributed by atoms with Crippen LogP contribution in [-0.2, 0) is 6.18 Å². The Morgan fingerprint density at radius 2 is 1.84 bits per heavy atom. The highest BCUT2D eigenvalue weighted by atomic mass is 19.4. The number of hydrogen-bond donors (Lipinski definition) is 0. The minimum atomic E-state index is -4.52. The molecule has 11 heteroatoms. The standard InChI is InChI=1S/C20H21F3N6O2/c1-4-28(14(3)12-31-19-24-10-15(11-25-19)20(21,22)23)18(30)16-6-5-13(2)9-17(16)29-26-7-8-27-29/h5-11,14H,4,12H2,1-3H3/t14-/m0/s1. The van der Waals surface area contributed by atoms with Crippen molar-refractivity contribution in [3.05, 3.63) is 59.7 Å². The van der Waals surface area contributed by atoms with Crippen LogP contribution in [0.4, 0.5) is 13.2 Å². The molecule has 0 aliphatic carbocycles. The molecule has 1 atom stereocenters. The fraction of sp³-hybridized carbons (Fsp3) is 0.350. The van der Waals surface area contributed by atoms with Gasteiger partial charge in [0.2, 0.25) is 0 Å². The summed E-state index contributed by atoms with van der Waals surface area (Å²) in [5.41, 5.74) is 0.953. The van der Waals surface area contributed by atoms with Crippen molar-refractivity contribution in [2.75, 3.05) is 13.2 Å². The molecule has 164 valence electrons. The molecule has 1 amide bonds. The van der Waals surface area contributed by atoms with Crippen LogP contribution in [0.5, 0.6) is 6.01 Å². The maximum Gasteiger partial charge on any atom is 0.419 e. The molecule has 3 rings (SSSR count). The number of benzene rings is 1. The molecule has 8 nitrogen and oxygen atoms in total. The van der Waals surface area contributed by atoms with E-state index < -0.39 is 17.8 Å². The lowest BCUT2D eigenvalue weighted by atomic mass is 10.1. The molecule has 1 aromatic carbocycles. The number of carbonyl (C=O) groups excluding carboxylic acids is 1. The Morgan fingerprint density at radius 3 is 2.42 bits per heavy atom. The van der Waals surface area contributed by atoms with Crippen LogP contribution in [0.25, 0.3) is 5.69 Å². The Balaban J connectivity index is 1.74. The zero-order valence-electron chi connectivity index (χ0n) is 17.2. The van der Waals surface area contributed by atoms with Crippen molar-refractivity contribution < 1.29 is 22.7 Å². The minimum absolute atomic E-state index is 0.00611. The first kappa shape index (κ1) is 22.2. The van der Waals surface area contributed by atoms with Gasteiger partial charge in [0.05, 0.1) is 35.2 Å². The molecule has 0 unspecified atom stereocenters. The van der Waals surface area contributed by atoms with E-state index in [0.29, 0.717) is 30.2 Å². The van der Waals surface area contributed by atoms with E-state index in [1.807, 2.05) is 26.0 Å². The molecule has 0 N–H and O–H groups in total. The number of rotatable bonds is 7. The van der Waals surface area contributed by atoms with E-state index in [9.17, 15) is 18.0 Å². The number of nitrogens with zero attached hydrogens (tertiary/aromatic N) is 6. The number of halogens is 3. The lowest BCUT2D eigenvalue weighted by Gasteiger charge is -2.28. The van der Waals surface area contributed by atoms with Gasteiger partial charge in [0.25, 0.3) is 5.91 Å². The predicted molar refractivity (Wildman–Crippen MR) is 105 cm³/mol. The Kier molecular flexibility index (Phi) is 6.52. The summed E-state index contributed by atoms with van der Waals surface area (Å²) in [7, 11) is 0. The maximum absolute atomic E-state index is 13.3. The Bertz CT molecular complexity index is 1020. The molecule has 0 radical (unpaired) electrons. The normalized spacial score (nSPS) is 12.5. The lowest BCUT2D eigenvalue weighted by Crippen LogP contribution is -2.42. The van der Waals surface area contributed by atoms with Crippen LogP contribution in [0.3, 0.4) is 0 Å². The van der Waals surface area contributed by atoms with Crippen molar-refractivity contribution in [3.8, 4) is 11.7 Å². The molecule has 31 heavy (non-hydrogen) atoms. The fourth-order valence-electron chi connectivity index (χ4n) is 2.96. The van der Waals surface area contributed by atoms with E-state index >= 15 is 0 Å². The van der Waals surface area contributed by atoms with Crippen molar-refractivity contribution >= 4 is 5.91 Å². The zero-order valence-corrected chi connectivity index (χ0v) is 17.2. The van der Waals surface area contributed by atoms with Crippen molar-refractivity contribution in [2.24, 2.45) is 0 Å². The van der Waals surface area contributed by atoms with Crippen molar-refractivity contribution in [3.63, 3.8) is 0 Å². The number of likely N-dealkylation sites (N-methyl/N-ethyl adjacent to an activating group) is 1. The van der Waals surface area contributed by atoms with Crippen LogP contribution < -0.4 is 4.74 Å². The molecule has 0 saturated carbocycles. The minimum Gasteiger partial charge on any atom is -0.461 e. The second kappa shape index (κ2) is 9.11. The monoisotopic (exact) mass is 434 g/mol. The van der Waals surface area contributed by atoms with Crippen LogP contribution >= 0.6 is 0 Å². The Morgan fingerprint density at radius 1 is 1.19 bits per heavy atom. The quantitative estimate of drug-likeness (QED) is 0.567. The molecule has 0 bridgehead atoms. The number of carbonyl (C=O) groups is 1. The van der Waals surface area contributed by atoms with E-state index in [4.69, 9.17) is 4.74 Å². The summed E-state index contributed by atoms with van der Waals surface area (Å²) >= 11 is 0. The van der Waals surface area contributed by atoms with Gasteiger partial charge in [-0.2, -0.15) is 28.2 Å². The molecule has 0 fully saturated rings. The van der Waals surface area contributed by atoms with E-state index in [1.165, 1.54) is 17.2 Å². The van der Waals surface area contributed by atoms with Crippen molar-refractivity contribution in [2.45, 2.75) is 33.0 Å². The highest BCUT2D eigenvalue weighted by molar-refractivity contribution is 5.98. The Labute approximate surface area is 176 Å². The molecule has 0 spiro atoms. The second-order valence-electron chi connectivity index (χ2n) is 6.84. The third kappa shape index (κ3) is 5.16. The molecule has 2 aromatic heterocycles. The van der Waals surface area contributed by atoms with Crippen LogP contribution in [-0.4, -0.2) is 55.0 Å². The van der Waals surface area contributed by atoms with Crippen LogP contribution in [0.2, 0.25) is 0 Å². The number of alkyl halides is 3. The van der Waals surface area contributed by atoms with E-state index in [2.05, 4.69) is 20.2 Å². The molecule has 0 aliphatic rings. The van der Waals surface area contributed by atoms with Gasteiger partial charge in [0.1, 0.15) is 6.61 Å². The predicted octanol–water partition coefficient (Wildman–Crippen LogP) is 3.31. The fourth-order valence-corrected chi connectivity index (χ4v) is 2.96. The highest BCUT2D eigenvalue weighted by Gasteiger charge is 2.31. The molecule has 0 aliphatic heterocycles. The van der Waals surface area contributed by atoms with Gasteiger partial charge in [-0.05, 0) is 38.5 Å². The van der Waals surface area contributed by atoms with Gasteiger partial charge in [-0.3, -0.25) is 4.79 Å². The molecule has 0 saturated heterocycles. The average molecular weight is 434 g/mol. The molecular formula is C20H21F3N6O2. The van der Waals surface area contributed by atoms with Gasteiger partial charge in [-0.25, -0.2) is 9.97 Å². The van der Waals surface area contributed by atoms with E-state index in [0.717, 1.165) is 5.56 Å². The number of aromatic nitrogens is 5. The van der Waals surface area contributed by atoms with Crippen molar-refractivity contribution in [1.82, 2.24) is 29.9 Å². The van der Waals surface area contributed by atoms with Crippen molar-refractivity contribution in [1.29, 1.82) is 0 Å². The molecule has 3 aromatic rings. The summed E-state index contributed by atoms with van der Waals surface area (Å²) in [6.45, 7) is 5.89. The molecular weight excluding hydrogens is 413 g/mol. The summed E-state index contributed by atoms with van der Waals surface area (Å²) in [4.78, 5) is 23.4. The summed E-state index contributed by atoms with van der Waals surface area (Å²) in [6, 6.07) is 4.76. The highest BCUT2D eigenvalue weighted by Crippen LogP contribution is 2.28. The van der Waals surface area contributed by atoms with Gasteiger partial charge >= 0.3 is 12.2 Å². The van der Waals surface area contributed by atoms with Crippen LogP contribution in [0.1, 0.15) is 35.3 Å². The van der Waals surface area contributed by atoms with Gasteiger partial charge in [0.15, 0.2) is 0 Å². The Hall–Kier alpha value is -3.50. The van der Waals surface area contributed by atoms with Gasteiger partial charge in [-0.15, -0.1) is 0 Å². The van der Waals surface area contributed by atoms with E-state index in [1.54, 1.807) is 17.9 Å². The van der Waals surface area contributed by atoms with Crippen LogP contribution in [0.15, 0.2) is 43.0 Å². The second-order valence-corrected chi connectivity index (χ2v) is 6.84. The SMILES string of the molecule is CCN(C(=O)c1ccc(C)cc1-n1nccn1)[C@@H](C)COc1ncc(C(F)(F)F)cn1. The van der Waals surface area contributed by atoms with Gasteiger partial charge in [0, 0.05) is 18.9 Å². The summed E-state index contributed by atoms with van der Waals surface area (Å²) in [5.74, 6) is -0.251. The smallest absolute Gasteiger partial charge is 0.419 e. The largest absolute Gasteiger partial charge is 0.461 e. The maximum atomic E-state index is 13.3. The first-order valence-electron chi connectivity index (χ1n) is 9.51. The number of amides is 1. The van der Waals surface area contributed by atoms with Crippen LogP contribution in [0, 0.1) is 6.92 Å². The van der Waals surface area contributed by atoms with Gasteiger partial charge < -0.3 is 9.64 Å². The summed E-state index contributed by atoms with van der Waals surface area (Å²) in [6.07, 6.45) is -0.160. The first-order chi connectivity index (χ1) is 14.7. The third-order valence-corrected chi connectivity index (χ3v) is 4.56. The topological polar surface area (TPSA) is 86.0 Å².